The third-order valence-corrected chi connectivity index (χ3v) is 3.04. The lowest BCUT2D eigenvalue weighted by Crippen LogP contribution is -2.23. The van der Waals surface area contributed by atoms with Gasteiger partial charge in [0.25, 0.3) is 0 Å². The number of nitrogens with one attached hydrogen (secondary N) is 1. The molecule has 1 aromatic rings. The van der Waals surface area contributed by atoms with Crippen LogP contribution in [0.3, 0.4) is 0 Å². The highest BCUT2D eigenvalue weighted by Gasteiger charge is 2.09. The van der Waals surface area contributed by atoms with Crippen LogP contribution in [0.25, 0.3) is 0 Å². The van der Waals surface area contributed by atoms with E-state index in [4.69, 9.17) is 4.74 Å². The Labute approximate surface area is 122 Å². The van der Waals surface area contributed by atoms with E-state index in [-0.39, 0.29) is 0 Å². The van der Waals surface area contributed by atoms with Crippen molar-refractivity contribution < 1.29 is 4.74 Å². The first kappa shape index (κ1) is 16.5. The maximum atomic E-state index is 9.32. The van der Waals surface area contributed by atoms with Gasteiger partial charge in [-0.3, -0.25) is 0 Å². The van der Waals surface area contributed by atoms with Gasteiger partial charge in [-0.2, -0.15) is 5.26 Å². The Morgan fingerprint density at radius 1 is 1.40 bits per heavy atom. The van der Waals surface area contributed by atoms with Crippen LogP contribution in [-0.4, -0.2) is 33.9 Å². The molecule has 1 rings (SSSR count). The number of anilines is 1. The molecule has 0 saturated carbocycles. The van der Waals surface area contributed by atoms with Gasteiger partial charge in [0.05, 0.1) is 17.9 Å². The molecule has 20 heavy (non-hydrogen) atoms. The number of rotatable bonds is 8. The average Bonchev–Trinajstić information content (AvgIpc) is 2.42. The maximum absolute atomic E-state index is 9.32. The van der Waals surface area contributed by atoms with E-state index in [1.807, 2.05) is 19.2 Å². The van der Waals surface area contributed by atoms with E-state index in [9.17, 15) is 5.26 Å². The Balaban J connectivity index is 2.73. The van der Waals surface area contributed by atoms with Crippen molar-refractivity contribution in [2.75, 3.05) is 38.8 Å². The van der Waals surface area contributed by atoms with Gasteiger partial charge >= 0.3 is 0 Å². The molecular formula is C16H25N3O. The van der Waals surface area contributed by atoms with Crippen LogP contribution in [0.4, 0.5) is 5.69 Å². The Hall–Kier alpha value is -1.57. The highest BCUT2D eigenvalue weighted by atomic mass is 16.5. The van der Waals surface area contributed by atoms with Crippen LogP contribution in [0, 0.1) is 17.2 Å². The van der Waals surface area contributed by atoms with Gasteiger partial charge in [0, 0.05) is 33.8 Å². The van der Waals surface area contributed by atoms with E-state index in [1.54, 1.807) is 7.11 Å². The molecule has 0 aliphatic rings. The van der Waals surface area contributed by atoms with Crippen molar-refractivity contribution in [2.24, 2.45) is 5.92 Å². The van der Waals surface area contributed by atoms with Gasteiger partial charge in [0.1, 0.15) is 6.07 Å². The molecule has 0 heterocycles. The zero-order chi connectivity index (χ0) is 15.0. The fraction of sp³-hybridized carbons (Fsp3) is 0.562. The average molecular weight is 275 g/mol. The Bertz CT molecular complexity index is 452. The molecule has 0 radical (unpaired) electrons. The lowest BCUT2D eigenvalue weighted by molar-refractivity contribution is 0.199. The number of ether oxygens (including phenoxy) is 1. The van der Waals surface area contributed by atoms with E-state index in [0.717, 1.165) is 36.4 Å². The van der Waals surface area contributed by atoms with Crippen LogP contribution >= 0.6 is 0 Å². The zero-order valence-electron chi connectivity index (χ0n) is 12.9. The van der Waals surface area contributed by atoms with Crippen molar-refractivity contribution in [1.29, 1.82) is 5.26 Å². The van der Waals surface area contributed by atoms with E-state index < -0.39 is 0 Å². The lowest BCUT2D eigenvalue weighted by atomic mass is 10.1. The first-order valence-electron chi connectivity index (χ1n) is 7.02. The quantitative estimate of drug-likeness (QED) is 0.740. The summed E-state index contributed by atoms with van der Waals surface area (Å²) < 4.78 is 4.99. The second kappa shape index (κ2) is 8.57. The fourth-order valence-electron chi connectivity index (χ4n) is 2.17. The molecule has 110 valence electrons. The molecule has 0 aromatic heterocycles. The van der Waals surface area contributed by atoms with Crippen LogP contribution in [0.2, 0.25) is 0 Å². The minimum atomic E-state index is 0.571. The van der Waals surface area contributed by atoms with E-state index in [0.29, 0.717) is 12.5 Å². The van der Waals surface area contributed by atoms with Crippen molar-refractivity contribution in [3.8, 4) is 6.07 Å². The van der Waals surface area contributed by atoms with Crippen LogP contribution < -0.4 is 10.2 Å². The molecule has 0 aliphatic carbocycles. The summed E-state index contributed by atoms with van der Waals surface area (Å²) in [4.78, 5) is 2.14. The SMILES string of the molecule is COCCNCc1ccc(N(C)CC(C)C)c(C#N)c1. The third-order valence-electron chi connectivity index (χ3n) is 3.04. The number of nitrogens with zero attached hydrogens (tertiary/aromatic N) is 2. The first-order chi connectivity index (χ1) is 9.58. The summed E-state index contributed by atoms with van der Waals surface area (Å²) in [6.45, 7) is 7.56. The monoisotopic (exact) mass is 275 g/mol. The van der Waals surface area contributed by atoms with Gasteiger partial charge in [-0.1, -0.05) is 19.9 Å². The van der Waals surface area contributed by atoms with E-state index in [1.165, 1.54) is 0 Å². The molecule has 0 amide bonds. The fourth-order valence-corrected chi connectivity index (χ4v) is 2.17. The Morgan fingerprint density at radius 2 is 2.15 bits per heavy atom. The summed E-state index contributed by atoms with van der Waals surface area (Å²) in [6, 6.07) is 8.37. The number of hydrogen-bond donors (Lipinski definition) is 1. The minimum Gasteiger partial charge on any atom is -0.383 e. The van der Waals surface area contributed by atoms with Gasteiger partial charge in [0.2, 0.25) is 0 Å². The number of hydrogen-bond acceptors (Lipinski definition) is 4. The van der Waals surface area contributed by atoms with Gasteiger partial charge in [-0.25, -0.2) is 0 Å². The van der Waals surface area contributed by atoms with Crippen LogP contribution in [0.1, 0.15) is 25.0 Å². The third kappa shape index (κ3) is 5.20. The number of benzene rings is 1. The summed E-state index contributed by atoms with van der Waals surface area (Å²) in [5.41, 5.74) is 2.86. The molecule has 0 atom stereocenters. The molecule has 0 unspecified atom stereocenters. The molecule has 4 heteroatoms. The lowest BCUT2D eigenvalue weighted by Gasteiger charge is -2.23. The predicted molar refractivity (Wildman–Crippen MR) is 82.8 cm³/mol. The molecule has 0 saturated heterocycles. The first-order valence-corrected chi connectivity index (χ1v) is 7.02. The summed E-state index contributed by atoms with van der Waals surface area (Å²) in [5, 5.41) is 12.6. The largest absolute Gasteiger partial charge is 0.383 e. The molecule has 4 nitrogen and oxygen atoms in total. The molecule has 1 aromatic carbocycles. The molecule has 0 aliphatic heterocycles. The molecular weight excluding hydrogens is 250 g/mol. The predicted octanol–water partition coefficient (Wildman–Crippen LogP) is 2.39. The molecule has 0 spiro atoms. The van der Waals surface area contributed by atoms with Crippen LogP contribution in [0.15, 0.2) is 18.2 Å². The Kier molecular flexibility index (Phi) is 7.06. The van der Waals surface area contributed by atoms with E-state index in [2.05, 4.69) is 36.2 Å². The number of methoxy groups -OCH3 is 1. The molecule has 0 fully saturated rings. The molecule has 0 bridgehead atoms. The van der Waals surface area contributed by atoms with Crippen molar-refractivity contribution >= 4 is 5.69 Å². The van der Waals surface area contributed by atoms with Crippen molar-refractivity contribution in [1.82, 2.24) is 5.32 Å². The zero-order valence-corrected chi connectivity index (χ0v) is 12.9. The smallest absolute Gasteiger partial charge is 0.101 e. The molecule has 1 N–H and O–H groups in total. The van der Waals surface area contributed by atoms with Crippen molar-refractivity contribution in [3.05, 3.63) is 29.3 Å². The highest BCUT2D eigenvalue weighted by Crippen LogP contribution is 2.21. The van der Waals surface area contributed by atoms with Crippen LogP contribution in [0.5, 0.6) is 0 Å². The van der Waals surface area contributed by atoms with Crippen molar-refractivity contribution in [3.63, 3.8) is 0 Å². The van der Waals surface area contributed by atoms with E-state index >= 15 is 0 Å². The van der Waals surface area contributed by atoms with Gasteiger partial charge in [-0.05, 0) is 23.6 Å². The maximum Gasteiger partial charge on any atom is 0.101 e. The Morgan fingerprint density at radius 3 is 2.75 bits per heavy atom. The summed E-state index contributed by atoms with van der Waals surface area (Å²) in [5.74, 6) is 0.571. The topological polar surface area (TPSA) is 48.3 Å². The minimum absolute atomic E-state index is 0.571. The van der Waals surface area contributed by atoms with Crippen LogP contribution in [-0.2, 0) is 11.3 Å². The second-order valence-corrected chi connectivity index (χ2v) is 5.41. The normalized spacial score (nSPS) is 10.6. The highest BCUT2D eigenvalue weighted by molar-refractivity contribution is 5.60. The summed E-state index contributed by atoms with van der Waals surface area (Å²) in [6.07, 6.45) is 0. The summed E-state index contributed by atoms with van der Waals surface area (Å²) in [7, 11) is 3.72. The van der Waals surface area contributed by atoms with Crippen molar-refractivity contribution in [2.45, 2.75) is 20.4 Å². The second-order valence-electron chi connectivity index (χ2n) is 5.41. The van der Waals surface area contributed by atoms with Gasteiger partial charge in [-0.15, -0.1) is 0 Å². The number of nitriles is 1. The standard InChI is InChI=1S/C16H25N3O/c1-13(2)12-19(3)16-6-5-14(9-15(16)10-17)11-18-7-8-20-4/h5-6,9,13,18H,7-8,11-12H2,1-4H3. The van der Waals surface area contributed by atoms with Gasteiger partial charge < -0.3 is 15.0 Å². The van der Waals surface area contributed by atoms with Gasteiger partial charge in [0.15, 0.2) is 0 Å². The summed E-state index contributed by atoms with van der Waals surface area (Å²) >= 11 is 0.